The third-order valence-corrected chi connectivity index (χ3v) is 6.92. The van der Waals surface area contributed by atoms with Crippen LogP contribution in [0.5, 0.6) is 5.75 Å². The van der Waals surface area contributed by atoms with Gasteiger partial charge in [0.1, 0.15) is 5.75 Å². The summed E-state index contributed by atoms with van der Waals surface area (Å²) in [4.78, 5) is 0. The average Bonchev–Trinajstić information content (AvgIpc) is 2.83. The van der Waals surface area contributed by atoms with Gasteiger partial charge in [0, 0.05) is 0 Å². The van der Waals surface area contributed by atoms with Gasteiger partial charge in [-0.15, -0.1) is 0 Å². The minimum Gasteiger partial charge on any atom is -0.508 e. The predicted molar refractivity (Wildman–Crippen MR) is 83.3 cm³/mol. The lowest BCUT2D eigenvalue weighted by Crippen LogP contribution is -2.40. The maximum absolute atomic E-state index is 10.2. The molecule has 0 radical (unpaired) electrons. The van der Waals surface area contributed by atoms with E-state index in [1.54, 1.807) is 0 Å². The lowest BCUT2D eigenvalue weighted by atomic mass is 9.54. The lowest BCUT2D eigenvalue weighted by molar-refractivity contribution is 0.0403. The van der Waals surface area contributed by atoms with Crippen LogP contribution in [0, 0.1) is 17.3 Å². The molecule has 4 rings (SSSR count). The number of aromatic hydroxyl groups is 1. The van der Waals surface area contributed by atoms with E-state index in [-0.39, 0.29) is 6.10 Å². The second-order valence-electron chi connectivity index (χ2n) is 7.65. The Bertz CT molecular complexity index is 552. The van der Waals surface area contributed by atoms with E-state index in [0.29, 0.717) is 23.0 Å². The van der Waals surface area contributed by atoms with Gasteiger partial charge in [0.15, 0.2) is 0 Å². The first-order valence-corrected chi connectivity index (χ1v) is 8.63. The summed E-state index contributed by atoms with van der Waals surface area (Å²) in [6.07, 6.45) is 8.06. The summed E-state index contributed by atoms with van der Waals surface area (Å²) in [5.41, 5.74) is 3.25. The molecule has 2 fully saturated rings. The van der Waals surface area contributed by atoms with Crippen LogP contribution >= 0.6 is 0 Å². The Morgan fingerprint density at radius 3 is 2.95 bits per heavy atom. The lowest BCUT2D eigenvalue weighted by Gasteiger charge is -2.50. The predicted octanol–water partition coefficient (Wildman–Crippen LogP) is 4.00. The first-order valence-electron chi connectivity index (χ1n) is 8.63. The average molecular weight is 286 g/mol. The van der Waals surface area contributed by atoms with Crippen molar-refractivity contribution in [3.8, 4) is 5.75 Å². The Morgan fingerprint density at radius 2 is 2.14 bits per heavy atom. The zero-order chi connectivity index (χ0) is 14.6. The molecular weight excluding hydrogens is 260 g/mol. The standard InChI is InChI=1S/C19H26O2/c1-2-19-8-7-16-15-6-4-13(20)9-12(15)3-5-17(16)18(19)10-14(21)11-19/h4,6,9,14,16-18,20-21H,2-3,5,7-8,10-11H2,1H3/t14-,16?,17?,18?,19-/m1/s1. The summed E-state index contributed by atoms with van der Waals surface area (Å²) in [6, 6.07) is 5.98. The number of rotatable bonds is 1. The summed E-state index contributed by atoms with van der Waals surface area (Å²) in [6.45, 7) is 2.32. The highest BCUT2D eigenvalue weighted by molar-refractivity contribution is 5.40. The Kier molecular flexibility index (Phi) is 3.08. The highest BCUT2D eigenvalue weighted by atomic mass is 16.3. The Morgan fingerprint density at radius 1 is 1.29 bits per heavy atom. The molecule has 1 aromatic carbocycles. The van der Waals surface area contributed by atoms with Gasteiger partial charge in [-0.25, -0.2) is 0 Å². The first-order chi connectivity index (χ1) is 10.1. The van der Waals surface area contributed by atoms with Crippen LogP contribution in [-0.4, -0.2) is 16.3 Å². The fourth-order valence-electron chi connectivity index (χ4n) is 5.97. The van der Waals surface area contributed by atoms with Crippen LogP contribution < -0.4 is 0 Å². The number of benzene rings is 1. The molecule has 2 nitrogen and oxygen atoms in total. The highest BCUT2D eigenvalue weighted by Gasteiger charge is 2.54. The molecule has 3 unspecified atom stereocenters. The molecule has 2 heteroatoms. The maximum atomic E-state index is 10.2. The fourth-order valence-corrected chi connectivity index (χ4v) is 5.97. The molecule has 21 heavy (non-hydrogen) atoms. The van der Waals surface area contributed by atoms with Gasteiger partial charge >= 0.3 is 0 Å². The smallest absolute Gasteiger partial charge is 0.115 e. The van der Waals surface area contributed by atoms with Crippen molar-refractivity contribution in [3.05, 3.63) is 29.3 Å². The van der Waals surface area contributed by atoms with Gasteiger partial charge < -0.3 is 10.2 Å². The van der Waals surface area contributed by atoms with Gasteiger partial charge in [-0.2, -0.15) is 0 Å². The van der Waals surface area contributed by atoms with E-state index in [2.05, 4.69) is 13.0 Å². The van der Waals surface area contributed by atoms with Crippen LogP contribution in [0.1, 0.15) is 62.5 Å². The third-order valence-electron chi connectivity index (χ3n) is 6.92. The van der Waals surface area contributed by atoms with Gasteiger partial charge in [-0.1, -0.05) is 19.4 Å². The minimum atomic E-state index is -0.0742. The van der Waals surface area contributed by atoms with Crippen LogP contribution in [0.15, 0.2) is 18.2 Å². The zero-order valence-corrected chi connectivity index (χ0v) is 12.9. The topological polar surface area (TPSA) is 40.5 Å². The highest BCUT2D eigenvalue weighted by Crippen LogP contribution is 2.62. The monoisotopic (exact) mass is 286 g/mol. The first kappa shape index (κ1) is 13.6. The van der Waals surface area contributed by atoms with Crippen molar-refractivity contribution in [1.29, 1.82) is 0 Å². The molecule has 0 aromatic heterocycles. The number of aliphatic hydroxyl groups is 1. The molecule has 3 aliphatic rings. The van der Waals surface area contributed by atoms with E-state index < -0.39 is 0 Å². The molecule has 2 N–H and O–H groups in total. The van der Waals surface area contributed by atoms with E-state index in [9.17, 15) is 10.2 Å². The van der Waals surface area contributed by atoms with Crippen LogP contribution in [0.4, 0.5) is 0 Å². The number of aryl methyl sites for hydroxylation is 1. The summed E-state index contributed by atoms with van der Waals surface area (Å²) in [5.74, 6) is 2.51. The van der Waals surface area contributed by atoms with Gasteiger partial charge in [0.2, 0.25) is 0 Å². The van der Waals surface area contributed by atoms with Crippen LogP contribution in [0.25, 0.3) is 0 Å². The van der Waals surface area contributed by atoms with Crippen molar-refractivity contribution in [1.82, 2.24) is 0 Å². The number of phenols is 1. The van der Waals surface area contributed by atoms with Crippen molar-refractivity contribution in [3.63, 3.8) is 0 Å². The largest absolute Gasteiger partial charge is 0.508 e. The van der Waals surface area contributed by atoms with E-state index in [1.807, 2.05) is 12.1 Å². The van der Waals surface area contributed by atoms with Gasteiger partial charge in [-0.05, 0) is 85.0 Å². The van der Waals surface area contributed by atoms with Crippen LogP contribution in [0.3, 0.4) is 0 Å². The number of hydrogen-bond donors (Lipinski definition) is 2. The molecule has 0 spiro atoms. The number of fused-ring (bicyclic) bond motifs is 5. The minimum absolute atomic E-state index is 0.0742. The summed E-state index contributed by atoms with van der Waals surface area (Å²) in [7, 11) is 0. The second kappa shape index (κ2) is 4.74. The summed E-state index contributed by atoms with van der Waals surface area (Å²) in [5, 5.41) is 20.0. The Labute approximate surface area is 127 Å². The molecule has 2 saturated carbocycles. The van der Waals surface area contributed by atoms with Crippen LogP contribution in [-0.2, 0) is 6.42 Å². The molecule has 1 aromatic rings. The molecule has 0 bridgehead atoms. The maximum Gasteiger partial charge on any atom is 0.115 e. The molecule has 0 amide bonds. The SMILES string of the molecule is CC[C@]12CCC3c4ccc(O)cc4CCC3C1C[C@@H](O)C2. The molecule has 0 saturated heterocycles. The fraction of sp³-hybridized carbons (Fsp3) is 0.684. The molecule has 114 valence electrons. The van der Waals surface area contributed by atoms with E-state index in [4.69, 9.17) is 0 Å². The third kappa shape index (κ3) is 1.95. The summed E-state index contributed by atoms with van der Waals surface area (Å²) >= 11 is 0. The second-order valence-corrected chi connectivity index (χ2v) is 7.65. The molecule has 3 aliphatic carbocycles. The van der Waals surface area contributed by atoms with Crippen molar-refractivity contribution in [2.24, 2.45) is 17.3 Å². The van der Waals surface area contributed by atoms with E-state index in [0.717, 1.165) is 25.2 Å². The molecule has 0 heterocycles. The normalized spacial score (nSPS) is 41.2. The molecule has 5 atom stereocenters. The number of hydrogen-bond acceptors (Lipinski definition) is 2. The van der Waals surface area contributed by atoms with Crippen molar-refractivity contribution >= 4 is 0 Å². The van der Waals surface area contributed by atoms with E-state index >= 15 is 0 Å². The van der Waals surface area contributed by atoms with Crippen molar-refractivity contribution in [2.45, 2.75) is 63.9 Å². The zero-order valence-electron chi connectivity index (χ0n) is 12.9. The van der Waals surface area contributed by atoms with Crippen LogP contribution in [0.2, 0.25) is 0 Å². The number of aliphatic hydroxyl groups excluding tert-OH is 1. The number of phenolic OH excluding ortho intramolecular Hbond substituents is 1. The molecular formula is C19H26O2. The van der Waals surface area contributed by atoms with Gasteiger partial charge in [0.05, 0.1) is 6.10 Å². The van der Waals surface area contributed by atoms with Crippen molar-refractivity contribution < 1.29 is 10.2 Å². The molecule has 0 aliphatic heterocycles. The van der Waals surface area contributed by atoms with E-state index in [1.165, 1.54) is 36.8 Å². The Balaban J connectivity index is 1.70. The Hall–Kier alpha value is -1.02. The quantitative estimate of drug-likeness (QED) is 0.819. The van der Waals surface area contributed by atoms with Crippen molar-refractivity contribution in [2.75, 3.05) is 0 Å². The van der Waals surface area contributed by atoms with Gasteiger partial charge in [0.25, 0.3) is 0 Å². The van der Waals surface area contributed by atoms with Gasteiger partial charge in [-0.3, -0.25) is 0 Å². The summed E-state index contributed by atoms with van der Waals surface area (Å²) < 4.78 is 0.